The van der Waals surface area contributed by atoms with Gasteiger partial charge < -0.3 is 24.8 Å². The number of rotatable bonds is 2. The minimum atomic E-state index is 0. The molecule has 6 atom stereocenters. The summed E-state index contributed by atoms with van der Waals surface area (Å²) in [5, 5.41) is 5.89. The van der Waals surface area contributed by atoms with Crippen LogP contribution in [0.4, 0.5) is 0 Å². The Morgan fingerprint density at radius 3 is 1.38 bits per heavy atom. The van der Waals surface area contributed by atoms with Crippen LogP contribution >= 0.6 is 0 Å². The van der Waals surface area contributed by atoms with Crippen LogP contribution in [-0.4, -0.2) is 3.21 Å². The first kappa shape index (κ1) is 30.5. The Kier molecular flexibility index (Phi) is 10.3. The average Bonchev–Trinajstić information content (AvgIpc) is 3.80. The monoisotopic (exact) mass is 646 g/mol. The van der Waals surface area contributed by atoms with E-state index in [0.29, 0.717) is 0 Å². The molecule has 0 aliphatic heterocycles. The largest absolute Gasteiger partial charge is 0.150 e. The van der Waals surface area contributed by atoms with Crippen molar-refractivity contribution >= 4 is 24.8 Å². The number of halogens is 2. The van der Waals surface area contributed by atoms with Gasteiger partial charge in [0.2, 0.25) is 0 Å². The van der Waals surface area contributed by atoms with Crippen LogP contribution in [0.3, 0.4) is 0 Å². The van der Waals surface area contributed by atoms with Crippen molar-refractivity contribution in [3.63, 3.8) is 0 Å². The molecule has 0 spiro atoms. The Balaban J connectivity index is 0.000000129. The maximum atomic E-state index is 2.38. The second-order valence-corrected chi connectivity index (χ2v) is 14.9. The maximum absolute atomic E-state index is 2.38. The molecule has 210 valence electrons. The molecule has 5 aliphatic carbocycles. The van der Waals surface area contributed by atoms with E-state index in [1.165, 1.54) is 98.6 Å². The van der Waals surface area contributed by atoms with Gasteiger partial charge in [-0.1, -0.05) is 62.5 Å². The molecular formula is C37H42Cl2Zr-2. The van der Waals surface area contributed by atoms with Crippen molar-refractivity contribution in [2.75, 3.05) is 0 Å². The third kappa shape index (κ3) is 6.19. The molecule has 40 heavy (non-hydrogen) atoms. The first-order chi connectivity index (χ1) is 18.7. The summed E-state index contributed by atoms with van der Waals surface area (Å²) in [6.45, 7) is 0. The molecule has 0 aromatic heterocycles. The summed E-state index contributed by atoms with van der Waals surface area (Å²) in [7, 11) is 0. The van der Waals surface area contributed by atoms with E-state index in [1.54, 1.807) is 38.6 Å². The molecule has 0 amide bonds. The van der Waals surface area contributed by atoms with E-state index in [9.17, 15) is 0 Å². The van der Waals surface area contributed by atoms with Crippen LogP contribution in [0, 0.1) is 23.7 Å². The van der Waals surface area contributed by atoms with Crippen molar-refractivity contribution in [2.24, 2.45) is 23.7 Å². The molecular weight excluding hydrogens is 607 g/mol. The third-order valence-electron chi connectivity index (χ3n) is 10.9. The van der Waals surface area contributed by atoms with Crippen LogP contribution in [0.15, 0.2) is 72.8 Å². The minimum Gasteiger partial charge on any atom is -0.150 e. The van der Waals surface area contributed by atoms with E-state index in [0.717, 1.165) is 35.5 Å². The van der Waals surface area contributed by atoms with Crippen molar-refractivity contribution in [3.05, 3.63) is 83.9 Å². The predicted molar refractivity (Wildman–Crippen MR) is 159 cm³/mol. The fourth-order valence-electron chi connectivity index (χ4n) is 9.05. The van der Waals surface area contributed by atoms with E-state index in [-0.39, 0.29) is 24.8 Å². The van der Waals surface area contributed by atoms with Crippen LogP contribution in [0.2, 0.25) is 0 Å². The molecule has 5 fully saturated rings. The summed E-state index contributed by atoms with van der Waals surface area (Å²) < 4.78 is 1.79. The quantitative estimate of drug-likeness (QED) is 0.286. The summed E-state index contributed by atoms with van der Waals surface area (Å²) >= 11 is 1.68. The minimum absolute atomic E-state index is 0. The summed E-state index contributed by atoms with van der Waals surface area (Å²) in [5.41, 5.74) is 3.28. The van der Waals surface area contributed by atoms with Gasteiger partial charge in [-0.2, -0.15) is 11.1 Å². The van der Waals surface area contributed by atoms with Crippen LogP contribution in [0.1, 0.15) is 100 Å². The first-order valence-electron chi connectivity index (χ1n) is 15.6. The van der Waals surface area contributed by atoms with E-state index in [2.05, 4.69) is 72.8 Å². The van der Waals surface area contributed by atoms with E-state index < -0.39 is 0 Å². The summed E-state index contributed by atoms with van der Waals surface area (Å²) in [6.07, 6.45) is 17.7. The number of fused-ring (bicyclic) bond motifs is 6. The van der Waals surface area contributed by atoms with Gasteiger partial charge in [0.25, 0.3) is 0 Å². The molecule has 9 rings (SSSR count). The Hall–Kier alpha value is -1.01. The summed E-state index contributed by atoms with van der Waals surface area (Å²) in [6, 6.07) is 27.1. The van der Waals surface area contributed by atoms with Gasteiger partial charge in [-0.05, 0) is 36.5 Å². The Bertz CT molecular complexity index is 1310. The van der Waals surface area contributed by atoms with Crippen molar-refractivity contribution in [2.45, 2.75) is 88.9 Å². The summed E-state index contributed by atoms with van der Waals surface area (Å²) in [4.78, 5) is 0. The Morgan fingerprint density at radius 1 is 0.575 bits per heavy atom. The molecule has 4 bridgehead atoms. The zero-order chi connectivity index (χ0) is 25.5. The van der Waals surface area contributed by atoms with Crippen molar-refractivity contribution in [3.8, 4) is 0 Å². The fourth-order valence-corrected chi connectivity index (χ4v) is 9.92. The summed E-state index contributed by atoms with van der Waals surface area (Å²) in [5.74, 6) is 5.83. The Labute approximate surface area is 268 Å². The topological polar surface area (TPSA) is 0 Å². The molecule has 5 saturated carbocycles. The van der Waals surface area contributed by atoms with Gasteiger partial charge in [0.05, 0.1) is 0 Å². The standard InChI is InChI=1S/2C16H17.C5H8.2ClH.Zr/c2*1-2-4-14-12(3-1)7-8-15(14)16-10-11-5-6-13(16)9-11;1-2-4-5-3-1;;;/h2*1-4,7-8,11,13,16H,5-6,9-10H2;1-4H2;2*1H;/q2*-1;;;;+2/p-2. The van der Waals surface area contributed by atoms with Gasteiger partial charge >= 0.3 is 53.1 Å². The maximum Gasteiger partial charge on any atom is -0.0413 e. The van der Waals surface area contributed by atoms with Crippen molar-refractivity contribution in [1.82, 2.24) is 0 Å². The van der Waals surface area contributed by atoms with E-state index in [4.69, 9.17) is 0 Å². The SMILES string of the molecule is [Cl-].[Cl-].[Zr+2]=[C]1CCCC1.c1ccc2c(C3CC4CCC3C4)c[cH-]c2c1.c1ccc2c(C3CC4CCC3C4)c[cH-]c2c1. The number of hydrogen-bond acceptors (Lipinski definition) is 0. The van der Waals surface area contributed by atoms with Gasteiger partial charge in [-0.15, -0.1) is 82.2 Å². The average molecular weight is 649 g/mol. The Morgan fingerprint density at radius 2 is 1.02 bits per heavy atom. The molecule has 0 radical (unpaired) electrons. The van der Waals surface area contributed by atoms with Gasteiger partial charge in [-0.3, -0.25) is 0 Å². The molecule has 0 N–H and O–H groups in total. The molecule has 3 heteroatoms. The normalized spacial score (nSPS) is 29.5. The molecule has 0 heterocycles. The van der Waals surface area contributed by atoms with Crippen molar-refractivity contribution < 1.29 is 49.0 Å². The first-order valence-corrected chi connectivity index (χ1v) is 16.8. The molecule has 6 unspecified atom stereocenters. The molecule has 0 nitrogen and oxygen atoms in total. The van der Waals surface area contributed by atoms with Gasteiger partial charge in [0, 0.05) is 0 Å². The van der Waals surface area contributed by atoms with Crippen LogP contribution in [0.5, 0.6) is 0 Å². The predicted octanol–water partition coefficient (Wildman–Crippen LogP) is 4.21. The van der Waals surface area contributed by atoms with E-state index in [1.807, 2.05) is 0 Å². The molecule has 4 aromatic carbocycles. The van der Waals surface area contributed by atoms with Gasteiger partial charge in [-0.25, -0.2) is 0 Å². The van der Waals surface area contributed by atoms with Crippen LogP contribution in [0.25, 0.3) is 21.5 Å². The second-order valence-electron chi connectivity index (χ2n) is 13.1. The molecule has 4 aromatic rings. The number of hydrogen-bond donors (Lipinski definition) is 0. The third-order valence-corrected chi connectivity index (χ3v) is 12.1. The molecule has 5 aliphatic rings. The van der Waals surface area contributed by atoms with Gasteiger partial charge in [0.1, 0.15) is 0 Å². The van der Waals surface area contributed by atoms with E-state index >= 15 is 0 Å². The fraction of sp³-hybridized carbons (Fsp3) is 0.486. The second kappa shape index (κ2) is 13.5. The zero-order valence-electron chi connectivity index (χ0n) is 23.6. The smallest absolute Gasteiger partial charge is 0.0413 e. The van der Waals surface area contributed by atoms with Gasteiger partial charge in [0.15, 0.2) is 0 Å². The molecule has 0 saturated heterocycles. The zero-order valence-corrected chi connectivity index (χ0v) is 27.6. The number of benzene rings is 2. The van der Waals surface area contributed by atoms with Crippen LogP contribution in [-0.2, 0) is 24.2 Å². The van der Waals surface area contributed by atoms with Crippen LogP contribution < -0.4 is 24.8 Å². The van der Waals surface area contributed by atoms with Crippen molar-refractivity contribution in [1.29, 1.82) is 0 Å².